The Morgan fingerprint density at radius 2 is 1.79 bits per heavy atom. The maximum absolute atomic E-state index is 13.4. The summed E-state index contributed by atoms with van der Waals surface area (Å²) in [5.41, 5.74) is 4.35. The van der Waals surface area contributed by atoms with Crippen LogP contribution in [-0.4, -0.2) is 25.5 Å². The van der Waals surface area contributed by atoms with Crippen molar-refractivity contribution < 1.29 is 4.79 Å². The minimum absolute atomic E-state index is 0.0234. The molecule has 7 heteroatoms. The van der Waals surface area contributed by atoms with Crippen LogP contribution in [0.15, 0.2) is 59.5 Å². The fourth-order valence-electron chi connectivity index (χ4n) is 4.87. The van der Waals surface area contributed by atoms with Crippen LogP contribution in [0.25, 0.3) is 16.5 Å². The van der Waals surface area contributed by atoms with Gasteiger partial charge in [-0.1, -0.05) is 50.2 Å². The van der Waals surface area contributed by atoms with Crippen molar-refractivity contribution in [3.05, 3.63) is 87.6 Å². The molecule has 0 saturated carbocycles. The van der Waals surface area contributed by atoms with Gasteiger partial charge >= 0.3 is 0 Å². The topological polar surface area (TPSA) is 81.8 Å². The number of benzene rings is 2. The number of carbonyl (C=O) groups excluding carboxylic acids is 1. The lowest BCUT2D eigenvalue weighted by Crippen LogP contribution is -2.38. The van der Waals surface area contributed by atoms with Crippen LogP contribution in [0, 0.1) is 12.3 Å². The van der Waals surface area contributed by atoms with E-state index in [1.165, 1.54) is 4.68 Å². The molecule has 0 radical (unpaired) electrons. The Bertz CT molecular complexity index is 1450. The van der Waals surface area contributed by atoms with Gasteiger partial charge < -0.3 is 5.32 Å². The molecule has 1 amide bonds. The summed E-state index contributed by atoms with van der Waals surface area (Å²) in [6.45, 7) is 6.50. The molecule has 7 nitrogen and oxygen atoms in total. The highest BCUT2D eigenvalue weighted by atomic mass is 16.2. The van der Waals surface area contributed by atoms with Gasteiger partial charge in [0.15, 0.2) is 5.69 Å². The molecule has 2 heterocycles. The maximum atomic E-state index is 13.4. The van der Waals surface area contributed by atoms with Gasteiger partial charge in [0, 0.05) is 18.0 Å². The van der Waals surface area contributed by atoms with E-state index < -0.39 is 0 Å². The van der Waals surface area contributed by atoms with E-state index >= 15 is 0 Å². The van der Waals surface area contributed by atoms with Crippen molar-refractivity contribution in [2.75, 3.05) is 0 Å². The number of fused-ring (bicyclic) bond motifs is 2. The first kappa shape index (κ1) is 21.1. The van der Waals surface area contributed by atoms with E-state index in [9.17, 15) is 9.59 Å². The van der Waals surface area contributed by atoms with E-state index in [0.717, 1.165) is 35.3 Å². The summed E-state index contributed by atoms with van der Waals surface area (Å²) >= 11 is 0. The standard InChI is InChI=1S/C26H27N5O2/c1-16-9-5-8-12-21(16)31-22-14-26(2,3)13-20(19(22)15-27-31)28-24(32)23-17-10-6-7-11-18(17)25(33)30(4)29-23/h5-12,15,20H,13-14H2,1-4H3,(H,28,32). The minimum atomic E-state index is -0.293. The van der Waals surface area contributed by atoms with E-state index in [1.807, 2.05) is 29.1 Å². The quantitative estimate of drug-likeness (QED) is 0.523. The van der Waals surface area contributed by atoms with Gasteiger partial charge in [-0.15, -0.1) is 0 Å². The smallest absolute Gasteiger partial charge is 0.274 e. The summed E-state index contributed by atoms with van der Waals surface area (Å²) in [5.74, 6) is -0.293. The van der Waals surface area contributed by atoms with Crippen molar-refractivity contribution in [3.63, 3.8) is 0 Å². The second-order valence-electron chi connectivity index (χ2n) is 9.64. The van der Waals surface area contributed by atoms with Gasteiger partial charge in [-0.25, -0.2) is 9.36 Å². The Labute approximate surface area is 192 Å². The van der Waals surface area contributed by atoms with E-state index in [1.54, 1.807) is 25.2 Å². The van der Waals surface area contributed by atoms with Gasteiger partial charge in [0.2, 0.25) is 0 Å². The van der Waals surface area contributed by atoms with Crippen molar-refractivity contribution in [1.29, 1.82) is 0 Å². The van der Waals surface area contributed by atoms with Crippen molar-refractivity contribution in [2.24, 2.45) is 12.5 Å². The highest BCUT2D eigenvalue weighted by molar-refractivity contribution is 6.04. The first-order valence-electron chi connectivity index (χ1n) is 11.1. The zero-order chi connectivity index (χ0) is 23.3. The molecule has 0 fully saturated rings. The second kappa shape index (κ2) is 7.69. The molecule has 0 saturated heterocycles. The normalized spacial score (nSPS) is 17.0. The summed E-state index contributed by atoms with van der Waals surface area (Å²) < 4.78 is 3.23. The van der Waals surface area contributed by atoms with Crippen LogP contribution in [0.4, 0.5) is 0 Å². The summed E-state index contributed by atoms with van der Waals surface area (Å²) in [7, 11) is 1.57. The SMILES string of the molecule is Cc1ccccc1-n1ncc2c1CC(C)(C)CC2NC(=O)c1nn(C)c(=O)c2ccccc12. The molecular weight excluding hydrogens is 414 g/mol. The number of hydrogen-bond donors (Lipinski definition) is 1. The zero-order valence-electron chi connectivity index (χ0n) is 19.3. The number of hydrogen-bond acceptors (Lipinski definition) is 4. The maximum Gasteiger partial charge on any atom is 0.274 e. The van der Waals surface area contributed by atoms with Crippen LogP contribution in [0.1, 0.15) is 53.6 Å². The van der Waals surface area contributed by atoms with Gasteiger partial charge in [0.25, 0.3) is 11.5 Å². The largest absolute Gasteiger partial charge is 0.344 e. The molecule has 5 rings (SSSR count). The van der Waals surface area contributed by atoms with Gasteiger partial charge in [-0.3, -0.25) is 9.59 Å². The Balaban J connectivity index is 1.56. The molecule has 2 aromatic carbocycles. The number of nitrogens with zero attached hydrogens (tertiary/aromatic N) is 4. The van der Waals surface area contributed by atoms with Gasteiger partial charge in [-0.2, -0.15) is 10.2 Å². The van der Waals surface area contributed by atoms with Crippen LogP contribution in [0.3, 0.4) is 0 Å². The fourth-order valence-corrected chi connectivity index (χ4v) is 4.87. The number of rotatable bonds is 3. The first-order chi connectivity index (χ1) is 15.7. The lowest BCUT2D eigenvalue weighted by atomic mass is 9.74. The van der Waals surface area contributed by atoms with E-state index in [0.29, 0.717) is 10.8 Å². The van der Waals surface area contributed by atoms with Crippen LogP contribution in [-0.2, 0) is 13.5 Å². The number of nitrogens with one attached hydrogen (secondary N) is 1. The molecule has 33 heavy (non-hydrogen) atoms. The Morgan fingerprint density at radius 1 is 1.09 bits per heavy atom. The van der Waals surface area contributed by atoms with Crippen LogP contribution in [0.2, 0.25) is 0 Å². The second-order valence-corrected chi connectivity index (χ2v) is 9.64. The van der Waals surface area contributed by atoms with Crippen LogP contribution < -0.4 is 10.9 Å². The van der Waals surface area contributed by atoms with Gasteiger partial charge in [0.05, 0.1) is 29.0 Å². The number of aromatic nitrogens is 4. The Morgan fingerprint density at radius 3 is 2.55 bits per heavy atom. The van der Waals surface area contributed by atoms with Crippen molar-refractivity contribution in [3.8, 4) is 5.69 Å². The molecular formula is C26H27N5O2. The molecule has 4 aromatic rings. The van der Waals surface area contributed by atoms with Crippen molar-refractivity contribution in [2.45, 2.75) is 39.7 Å². The van der Waals surface area contributed by atoms with E-state index in [2.05, 4.69) is 43.3 Å². The average Bonchev–Trinajstić information content (AvgIpc) is 3.19. The predicted octanol–water partition coefficient (Wildman–Crippen LogP) is 3.87. The Hall–Kier alpha value is -3.74. The average molecular weight is 442 g/mol. The van der Waals surface area contributed by atoms with Crippen LogP contribution >= 0.6 is 0 Å². The van der Waals surface area contributed by atoms with E-state index in [4.69, 9.17) is 5.10 Å². The third-order valence-electron chi connectivity index (χ3n) is 6.50. The van der Waals surface area contributed by atoms with Crippen LogP contribution in [0.5, 0.6) is 0 Å². The minimum Gasteiger partial charge on any atom is -0.344 e. The third kappa shape index (κ3) is 3.63. The van der Waals surface area contributed by atoms with Gasteiger partial charge in [0.1, 0.15) is 0 Å². The molecule has 168 valence electrons. The molecule has 1 unspecified atom stereocenters. The molecule has 0 spiro atoms. The predicted molar refractivity (Wildman–Crippen MR) is 128 cm³/mol. The molecule has 0 aliphatic heterocycles. The Kier molecular flexibility index (Phi) is 4.92. The summed E-state index contributed by atoms with van der Waals surface area (Å²) in [4.78, 5) is 25.9. The molecule has 1 atom stereocenters. The molecule has 1 aliphatic carbocycles. The highest BCUT2D eigenvalue weighted by Crippen LogP contribution is 2.41. The summed E-state index contributed by atoms with van der Waals surface area (Å²) in [6, 6.07) is 15.1. The zero-order valence-corrected chi connectivity index (χ0v) is 19.3. The number of carbonyl (C=O) groups is 1. The van der Waals surface area contributed by atoms with Crippen molar-refractivity contribution in [1.82, 2.24) is 24.9 Å². The lowest BCUT2D eigenvalue weighted by Gasteiger charge is -2.36. The third-order valence-corrected chi connectivity index (χ3v) is 6.50. The number of para-hydroxylation sites is 1. The molecule has 0 bridgehead atoms. The number of aryl methyl sites for hydroxylation is 2. The molecule has 1 aliphatic rings. The molecule has 1 N–H and O–H groups in total. The van der Waals surface area contributed by atoms with E-state index in [-0.39, 0.29) is 28.6 Å². The summed E-state index contributed by atoms with van der Waals surface area (Å²) in [5, 5.41) is 13.2. The highest BCUT2D eigenvalue weighted by Gasteiger charge is 2.36. The van der Waals surface area contributed by atoms with Gasteiger partial charge in [-0.05, 0) is 42.9 Å². The summed E-state index contributed by atoms with van der Waals surface area (Å²) in [6.07, 6.45) is 3.52. The molecule has 2 aromatic heterocycles. The van der Waals surface area contributed by atoms with Crippen molar-refractivity contribution >= 4 is 16.7 Å². The monoisotopic (exact) mass is 441 g/mol. The number of amides is 1. The fraction of sp³-hybridized carbons (Fsp3) is 0.308. The lowest BCUT2D eigenvalue weighted by molar-refractivity contribution is 0.0914. The first-order valence-corrected chi connectivity index (χ1v) is 11.1.